The van der Waals surface area contributed by atoms with Gasteiger partial charge in [-0.1, -0.05) is 23.4 Å². The first-order valence-electron chi connectivity index (χ1n) is 11.2. The standard InChI is InChI=1S/C26H25N5O2S2/c1-15-11-17(3)24-20(12-15)16(2)13-22-29-30-26(31(22)24)34-10-9-23(32)28-25-27-21(14-35-25)18-5-7-19(33-4)8-6-18/h5-8,11-14H,9-10H2,1-4H3,(H,27,28,32). The van der Waals surface area contributed by atoms with E-state index in [0.29, 0.717) is 17.3 Å². The van der Waals surface area contributed by atoms with Crippen LogP contribution in [0.5, 0.6) is 5.75 Å². The highest BCUT2D eigenvalue weighted by Gasteiger charge is 2.15. The average molecular weight is 504 g/mol. The predicted molar refractivity (Wildman–Crippen MR) is 143 cm³/mol. The molecule has 3 aromatic heterocycles. The van der Waals surface area contributed by atoms with Gasteiger partial charge in [0, 0.05) is 28.5 Å². The fourth-order valence-electron chi connectivity index (χ4n) is 4.15. The van der Waals surface area contributed by atoms with Crippen molar-refractivity contribution in [2.24, 2.45) is 0 Å². The van der Waals surface area contributed by atoms with E-state index in [2.05, 4.69) is 63.9 Å². The number of pyridine rings is 1. The molecule has 0 saturated carbocycles. The van der Waals surface area contributed by atoms with E-state index >= 15 is 0 Å². The molecule has 0 aliphatic rings. The first-order chi connectivity index (χ1) is 16.9. The summed E-state index contributed by atoms with van der Waals surface area (Å²) in [6, 6.07) is 14.1. The van der Waals surface area contributed by atoms with Crippen LogP contribution in [0.4, 0.5) is 5.13 Å². The summed E-state index contributed by atoms with van der Waals surface area (Å²) in [6.45, 7) is 6.33. The van der Waals surface area contributed by atoms with E-state index < -0.39 is 0 Å². The van der Waals surface area contributed by atoms with Crippen molar-refractivity contribution in [3.63, 3.8) is 0 Å². The summed E-state index contributed by atoms with van der Waals surface area (Å²) < 4.78 is 7.30. The number of benzene rings is 2. The third-order valence-electron chi connectivity index (χ3n) is 5.79. The van der Waals surface area contributed by atoms with Gasteiger partial charge in [0.15, 0.2) is 15.9 Å². The second-order valence-corrected chi connectivity index (χ2v) is 10.3. The van der Waals surface area contributed by atoms with Crippen molar-refractivity contribution >= 4 is 50.7 Å². The molecule has 0 saturated heterocycles. The molecule has 0 spiro atoms. The summed E-state index contributed by atoms with van der Waals surface area (Å²) in [5, 5.41) is 16.2. The second-order valence-electron chi connectivity index (χ2n) is 8.39. The number of thiazole rings is 1. The van der Waals surface area contributed by atoms with Crippen molar-refractivity contribution in [3.8, 4) is 17.0 Å². The first-order valence-corrected chi connectivity index (χ1v) is 13.1. The summed E-state index contributed by atoms with van der Waals surface area (Å²) in [5.74, 6) is 1.31. The number of carbonyl (C=O) groups is 1. The number of hydrogen-bond donors (Lipinski definition) is 1. The van der Waals surface area contributed by atoms with Crippen molar-refractivity contribution in [2.45, 2.75) is 32.3 Å². The van der Waals surface area contributed by atoms with Gasteiger partial charge in [0.1, 0.15) is 5.75 Å². The molecule has 9 heteroatoms. The van der Waals surface area contributed by atoms with Crippen molar-refractivity contribution < 1.29 is 9.53 Å². The summed E-state index contributed by atoms with van der Waals surface area (Å²) >= 11 is 2.95. The molecule has 0 atom stereocenters. The van der Waals surface area contributed by atoms with E-state index in [1.807, 2.05) is 29.6 Å². The Bertz CT molecular complexity index is 1540. The number of fused-ring (bicyclic) bond motifs is 3. The lowest BCUT2D eigenvalue weighted by Crippen LogP contribution is -2.12. The van der Waals surface area contributed by atoms with E-state index in [4.69, 9.17) is 4.74 Å². The number of aromatic nitrogens is 4. The third kappa shape index (κ3) is 4.74. The van der Waals surface area contributed by atoms with Crippen LogP contribution < -0.4 is 10.1 Å². The lowest BCUT2D eigenvalue weighted by molar-refractivity contribution is -0.115. The Morgan fingerprint density at radius 3 is 2.66 bits per heavy atom. The maximum absolute atomic E-state index is 12.6. The lowest BCUT2D eigenvalue weighted by atomic mass is 10.0. The molecule has 0 fully saturated rings. The number of carbonyl (C=O) groups excluding carboxylic acids is 1. The number of aryl methyl sites for hydroxylation is 3. The fraction of sp³-hybridized carbons (Fsp3) is 0.231. The Kier molecular flexibility index (Phi) is 6.44. The van der Waals surface area contributed by atoms with Gasteiger partial charge in [-0.15, -0.1) is 21.5 Å². The van der Waals surface area contributed by atoms with Crippen LogP contribution in [0.1, 0.15) is 23.1 Å². The minimum Gasteiger partial charge on any atom is -0.497 e. The van der Waals surface area contributed by atoms with Crippen LogP contribution >= 0.6 is 23.1 Å². The van der Waals surface area contributed by atoms with E-state index in [1.165, 1.54) is 45.2 Å². The van der Waals surface area contributed by atoms with Crippen LogP contribution in [0.3, 0.4) is 0 Å². The number of anilines is 1. The van der Waals surface area contributed by atoms with Gasteiger partial charge in [0.25, 0.3) is 0 Å². The normalized spacial score (nSPS) is 11.3. The third-order valence-corrected chi connectivity index (χ3v) is 7.48. The molecule has 7 nitrogen and oxygen atoms in total. The predicted octanol–water partition coefficient (Wildman–Crippen LogP) is 6.06. The highest BCUT2D eigenvalue weighted by atomic mass is 32.2. The van der Waals surface area contributed by atoms with Gasteiger partial charge < -0.3 is 10.1 Å². The summed E-state index contributed by atoms with van der Waals surface area (Å²) in [7, 11) is 1.64. The van der Waals surface area contributed by atoms with Crippen LogP contribution in [0.15, 0.2) is 53.0 Å². The summed E-state index contributed by atoms with van der Waals surface area (Å²) in [6.07, 6.45) is 0.346. The molecule has 0 bridgehead atoms. The quantitative estimate of drug-likeness (QED) is 0.272. The van der Waals surface area contributed by atoms with Gasteiger partial charge >= 0.3 is 0 Å². The smallest absolute Gasteiger partial charge is 0.226 e. The molecule has 3 heterocycles. The van der Waals surface area contributed by atoms with Gasteiger partial charge in [-0.3, -0.25) is 9.20 Å². The largest absolute Gasteiger partial charge is 0.497 e. The van der Waals surface area contributed by atoms with E-state index in [-0.39, 0.29) is 5.91 Å². The number of rotatable bonds is 7. The van der Waals surface area contributed by atoms with Gasteiger partial charge in [-0.25, -0.2) is 4.98 Å². The van der Waals surface area contributed by atoms with Crippen LogP contribution in [-0.2, 0) is 4.79 Å². The monoisotopic (exact) mass is 503 g/mol. The molecule has 1 N–H and O–H groups in total. The lowest BCUT2D eigenvalue weighted by Gasteiger charge is -2.11. The zero-order valence-electron chi connectivity index (χ0n) is 20.0. The molecule has 0 unspecified atom stereocenters. The summed E-state index contributed by atoms with van der Waals surface area (Å²) in [4.78, 5) is 17.1. The van der Waals surface area contributed by atoms with E-state index in [9.17, 15) is 4.79 Å². The number of hydrogen-bond acceptors (Lipinski definition) is 7. The minimum atomic E-state index is -0.0746. The number of thioether (sulfide) groups is 1. The zero-order valence-corrected chi connectivity index (χ0v) is 21.6. The Morgan fingerprint density at radius 1 is 1.09 bits per heavy atom. The van der Waals surface area contributed by atoms with Crippen LogP contribution in [-0.4, -0.2) is 38.4 Å². The molecule has 0 aliphatic carbocycles. The van der Waals surface area contributed by atoms with Crippen molar-refractivity contribution in [2.75, 3.05) is 18.2 Å². The summed E-state index contributed by atoms with van der Waals surface area (Å²) in [5.41, 5.74) is 7.34. The number of nitrogens with zero attached hydrogens (tertiary/aromatic N) is 4. The Hall–Kier alpha value is -3.43. The number of nitrogens with one attached hydrogen (secondary N) is 1. The van der Waals surface area contributed by atoms with Gasteiger partial charge in [-0.05, 0) is 68.3 Å². The molecular weight excluding hydrogens is 478 g/mol. The SMILES string of the molecule is COc1ccc(-c2csc(NC(=O)CCSc3nnc4cc(C)c5cc(C)cc(C)c5n34)n2)cc1. The number of methoxy groups -OCH3 is 1. The van der Waals surface area contributed by atoms with E-state index in [0.717, 1.165) is 33.3 Å². The van der Waals surface area contributed by atoms with Crippen LogP contribution in [0.2, 0.25) is 0 Å². The topological polar surface area (TPSA) is 81.4 Å². The molecule has 0 aliphatic heterocycles. The van der Waals surface area contributed by atoms with Gasteiger partial charge in [0.2, 0.25) is 5.91 Å². The van der Waals surface area contributed by atoms with Crippen LogP contribution in [0, 0.1) is 20.8 Å². The molecule has 1 amide bonds. The number of amides is 1. The molecular formula is C26H25N5O2S2. The average Bonchev–Trinajstić information content (AvgIpc) is 3.46. The number of ether oxygens (including phenoxy) is 1. The highest BCUT2D eigenvalue weighted by molar-refractivity contribution is 7.99. The van der Waals surface area contributed by atoms with Crippen molar-refractivity contribution in [1.82, 2.24) is 19.6 Å². The Morgan fingerprint density at radius 2 is 1.89 bits per heavy atom. The van der Waals surface area contributed by atoms with Crippen molar-refractivity contribution in [1.29, 1.82) is 0 Å². The minimum absolute atomic E-state index is 0.0746. The maximum atomic E-state index is 12.6. The molecule has 5 aromatic rings. The Balaban J connectivity index is 1.26. The van der Waals surface area contributed by atoms with Gasteiger partial charge in [-0.2, -0.15) is 0 Å². The fourth-order valence-corrected chi connectivity index (χ4v) is 5.77. The first kappa shape index (κ1) is 23.3. The maximum Gasteiger partial charge on any atom is 0.226 e. The molecule has 35 heavy (non-hydrogen) atoms. The molecule has 0 radical (unpaired) electrons. The highest BCUT2D eigenvalue weighted by Crippen LogP contribution is 2.30. The van der Waals surface area contributed by atoms with Crippen molar-refractivity contribution in [3.05, 3.63) is 64.5 Å². The van der Waals surface area contributed by atoms with Crippen LogP contribution in [0.25, 0.3) is 27.8 Å². The molecule has 5 rings (SSSR count). The second kappa shape index (κ2) is 9.67. The molecule has 178 valence electrons. The Labute approximate surface area is 211 Å². The van der Waals surface area contributed by atoms with E-state index in [1.54, 1.807) is 7.11 Å². The van der Waals surface area contributed by atoms with Gasteiger partial charge in [0.05, 0.1) is 18.3 Å². The molecule has 2 aromatic carbocycles. The zero-order chi connectivity index (χ0) is 24.5.